The normalized spacial score (nSPS) is 10.1. The molecule has 3 aromatic carbocycles. The van der Waals surface area contributed by atoms with E-state index in [1.165, 1.54) is 72.8 Å². The topological polar surface area (TPSA) is 130 Å². The van der Waals surface area contributed by atoms with Gasteiger partial charge in [-0.15, -0.1) is 0 Å². The summed E-state index contributed by atoms with van der Waals surface area (Å²) in [5.41, 5.74) is 0.318. The van der Waals surface area contributed by atoms with E-state index in [4.69, 9.17) is 14.6 Å². The van der Waals surface area contributed by atoms with E-state index in [1.807, 2.05) is 0 Å². The van der Waals surface area contributed by atoms with Crippen LogP contribution in [0.1, 0.15) is 41.4 Å². The Hall–Kier alpha value is -4.46. The van der Waals surface area contributed by atoms with Gasteiger partial charge in [-0.3, -0.25) is 0 Å². The van der Waals surface area contributed by atoms with Gasteiger partial charge in [-0.05, 0) is 66.2 Å². The van der Waals surface area contributed by atoms with Gasteiger partial charge in [-0.25, -0.2) is 14.4 Å². The fourth-order valence-corrected chi connectivity index (χ4v) is 2.40. The van der Waals surface area contributed by atoms with Crippen LogP contribution in [0.2, 0.25) is 0 Å². The van der Waals surface area contributed by atoms with Crippen LogP contribution in [0.25, 0.3) is 0 Å². The zero-order chi connectivity index (χ0) is 21.7. The summed E-state index contributed by atoms with van der Waals surface area (Å²) in [4.78, 5) is 45.8. The zero-order valence-electron chi connectivity index (χ0n) is 15.2. The predicted molar refractivity (Wildman–Crippen MR) is 101 cm³/mol. The quantitative estimate of drug-likeness (QED) is 0.488. The van der Waals surface area contributed by atoms with Gasteiger partial charge < -0.3 is 24.5 Å². The molecule has 1 N–H and O–H groups in total. The molecule has 0 aliphatic heterocycles. The summed E-state index contributed by atoms with van der Waals surface area (Å²) in [5, 5.41) is 19.6. The van der Waals surface area contributed by atoms with Crippen molar-refractivity contribution in [3.63, 3.8) is 0 Å². The van der Waals surface area contributed by atoms with Crippen LogP contribution in [0.5, 0.6) is 11.5 Å². The summed E-state index contributed by atoms with van der Waals surface area (Å²) < 4.78 is 10.4. The number of rotatable bonds is 6. The Morgan fingerprint density at radius 1 is 0.567 bits per heavy atom. The molecule has 0 aliphatic carbocycles. The van der Waals surface area contributed by atoms with Crippen LogP contribution < -0.4 is 14.6 Å². The minimum atomic E-state index is -1.35. The predicted octanol–water partition coefficient (Wildman–Crippen LogP) is 2.19. The highest BCUT2D eigenvalue weighted by molar-refractivity contribution is 5.94. The minimum absolute atomic E-state index is 0.0481. The van der Waals surface area contributed by atoms with Crippen LogP contribution in [-0.4, -0.2) is 29.0 Å². The van der Waals surface area contributed by atoms with E-state index in [1.54, 1.807) is 0 Å². The van der Waals surface area contributed by atoms with E-state index in [9.17, 15) is 24.3 Å². The van der Waals surface area contributed by atoms with Crippen LogP contribution in [0, 0.1) is 0 Å². The van der Waals surface area contributed by atoms with Gasteiger partial charge in [-0.2, -0.15) is 0 Å². The number of carboxylic acids is 2. The maximum absolute atomic E-state index is 12.1. The molecule has 0 aromatic heterocycles. The van der Waals surface area contributed by atoms with Crippen molar-refractivity contribution in [3.05, 3.63) is 95.1 Å². The highest BCUT2D eigenvalue weighted by Crippen LogP contribution is 2.20. The third-order valence-corrected chi connectivity index (χ3v) is 3.97. The van der Waals surface area contributed by atoms with Gasteiger partial charge in [0.15, 0.2) is 0 Å². The first-order chi connectivity index (χ1) is 14.3. The fraction of sp³-hybridized carbons (Fsp3) is 0. The van der Waals surface area contributed by atoms with Crippen molar-refractivity contribution >= 4 is 23.9 Å². The lowest BCUT2D eigenvalue weighted by Crippen LogP contribution is -2.22. The van der Waals surface area contributed by atoms with E-state index < -0.39 is 23.9 Å². The first-order valence-corrected chi connectivity index (χ1v) is 8.52. The number of carbonyl (C=O) groups excluding carboxylic acids is 3. The Kier molecular flexibility index (Phi) is 5.88. The number of hydrogen-bond acceptors (Lipinski definition) is 7. The lowest BCUT2D eigenvalue weighted by atomic mass is 10.1. The number of carbonyl (C=O) groups is 4. The number of benzene rings is 3. The van der Waals surface area contributed by atoms with Crippen molar-refractivity contribution in [2.45, 2.75) is 0 Å². The summed E-state index contributed by atoms with van der Waals surface area (Å²) in [6, 6.07) is 16.0. The second kappa shape index (κ2) is 8.70. The molecule has 8 nitrogen and oxygen atoms in total. The highest BCUT2D eigenvalue weighted by atomic mass is 16.5. The second-order valence-electron chi connectivity index (χ2n) is 6.00. The van der Waals surface area contributed by atoms with Crippen LogP contribution in [-0.2, 0) is 0 Å². The molecule has 0 heterocycles. The molecular weight excluding hydrogens is 392 g/mol. The lowest BCUT2D eigenvalue weighted by Gasteiger charge is -2.08. The second-order valence-corrected chi connectivity index (χ2v) is 6.00. The SMILES string of the molecule is O=C([O-])c1ccc(C(=O)Oc2ccc(OC(=O)c3ccc(C(=O)O)cc3)cc2)cc1. The zero-order valence-corrected chi connectivity index (χ0v) is 15.2. The molecule has 0 atom stereocenters. The standard InChI is InChI=1S/C22H14O8/c23-19(24)13-1-5-15(6-2-13)21(27)29-17-9-11-18(12-10-17)30-22(28)16-7-3-14(4-8-16)20(25)26/h1-12H,(H,23,24)(H,25,26)/p-1. The summed E-state index contributed by atoms with van der Waals surface area (Å²) in [6.07, 6.45) is 0. The number of carboxylic acid groups (broad SMARTS) is 2. The van der Waals surface area contributed by atoms with Gasteiger partial charge >= 0.3 is 17.9 Å². The first kappa shape index (κ1) is 20.3. The molecule has 3 aromatic rings. The van der Waals surface area contributed by atoms with Gasteiger partial charge in [0.25, 0.3) is 0 Å². The summed E-state index contributed by atoms with van der Waals surface area (Å²) in [7, 11) is 0. The molecule has 3 rings (SSSR count). The van der Waals surface area contributed by atoms with Crippen molar-refractivity contribution in [2.75, 3.05) is 0 Å². The Bertz CT molecular complexity index is 1010. The van der Waals surface area contributed by atoms with E-state index in [0.717, 1.165) is 0 Å². The molecule has 0 unspecified atom stereocenters. The largest absolute Gasteiger partial charge is 0.545 e. The van der Waals surface area contributed by atoms with Crippen molar-refractivity contribution in [2.24, 2.45) is 0 Å². The van der Waals surface area contributed by atoms with E-state index in [-0.39, 0.29) is 33.8 Å². The van der Waals surface area contributed by atoms with Crippen molar-refractivity contribution in [1.82, 2.24) is 0 Å². The number of aromatic carboxylic acids is 2. The van der Waals surface area contributed by atoms with Gasteiger partial charge in [0.2, 0.25) is 0 Å². The van der Waals surface area contributed by atoms with Gasteiger partial charge in [0.1, 0.15) is 11.5 Å². The van der Waals surface area contributed by atoms with E-state index >= 15 is 0 Å². The van der Waals surface area contributed by atoms with Gasteiger partial charge in [-0.1, -0.05) is 12.1 Å². The number of ether oxygens (including phenoxy) is 2. The van der Waals surface area contributed by atoms with Gasteiger partial charge in [0.05, 0.1) is 22.7 Å². The van der Waals surface area contributed by atoms with E-state index in [2.05, 4.69) is 0 Å². The number of hydrogen-bond donors (Lipinski definition) is 1. The summed E-state index contributed by atoms with van der Waals surface area (Å²) in [5.74, 6) is -3.43. The van der Waals surface area contributed by atoms with Crippen molar-refractivity contribution < 1.29 is 38.9 Å². The van der Waals surface area contributed by atoms with Crippen LogP contribution in [0.15, 0.2) is 72.8 Å². The molecule has 30 heavy (non-hydrogen) atoms. The van der Waals surface area contributed by atoms with Crippen LogP contribution in [0.4, 0.5) is 0 Å². The van der Waals surface area contributed by atoms with Crippen LogP contribution >= 0.6 is 0 Å². The fourth-order valence-electron chi connectivity index (χ4n) is 2.40. The van der Waals surface area contributed by atoms with Crippen LogP contribution in [0.3, 0.4) is 0 Å². The Morgan fingerprint density at radius 2 is 0.900 bits per heavy atom. The lowest BCUT2D eigenvalue weighted by molar-refractivity contribution is -0.255. The Balaban J connectivity index is 1.61. The first-order valence-electron chi connectivity index (χ1n) is 8.52. The average Bonchev–Trinajstić information content (AvgIpc) is 2.75. The molecule has 0 amide bonds. The van der Waals surface area contributed by atoms with Crippen molar-refractivity contribution in [3.8, 4) is 11.5 Å². The molecule has 8 heteroatoms. The maximum Gasteiger partial charge on any atom is 0.343 e. The smallest absolute Gasteiger partial charge is 0.343 e. The third-order valence-electron chi connectivity index (χ3n) is 3.97. The molecule has 0 spiro atoms. The number of esters is 2. The monoisotopic (exact) mass is 405 g/mol. The van der Waals surface area contributed by atoms with Crippen molar-refractivity contribution in [1.29, 1.82) is 0 Å². The molecule has 0 saturated heterocycles. The minimum Gasteiger partial charge on any atom is -0.545 e. The Labute approximate surface area is 169 Å². The molecule has 0 fully saturated rings. The summed E-state index contributed by atoms with van der Waals surface area (Å²) in [6.45, 7) is 0. The highest BCUT2D eigenvalue weighted by Gasteiger charge is 2.12. The summed E-state index contributed by atoms with van der Waals surface area (Å²) >= 11 is 0. The molecule has 0 radical (unpaired) electrons. The maximum atomic E-state index is 12.1. The van der Waals surface area contributed by atoms with Gasteiger partial charge in [0, 0.05) is 0 Å². The molecular formula is C22H13O8-. The Morgan fingerprint density at radius 3 is 1.23 bits per heavy atom. The molecule has 0 bridgehead atoms. The molecule has 0 saturated carbocycles. The van der Waals surface area contributed by atoms with E-state index in [0.29, 0.717) is 0 Å². The molecule has 0 aliphatic rings. The average molecular weight is 405 g/mol. The molecule has 150 valence electrons. The third kappa shape index (κ3) is 4.87.